The number of hydrogen-bond acceptors (Lipinski definition) is 4. The molecule has 0 saturated heterocycles. The van der Waals surface area contributed by atoms with Gasteiger partial charge in [0.1, 0.15) is 11.6 Å². The Bertz CT molecular complexity index is 887. The first-order valence-electron chi connectivity index (χ1n) is 8.61. The molecule has 5 heteroatoms. The van der Waals surface area contributed by atoms with E-state index in [-0.39, 0.29) is 11.3 Å². The number of aromatic nitrogens is 5. The van der Waals surface area contributed by atoms with Gasteiger partial charge in [-0.1, -0.05) is 52.8 Å². The lowest BCUT2D eigenvalue weighted by Gasteiger charge is -2.19. The minimum atomic E-state index is -0.125. The van der Waals surface area contributed by atoms with Crippen molar-refractivity contribution in [1.82, 2.24) is 24.7 Å². The quantitative estimate of drug-likeness (QED) is 0.713. The summed E-state index contributed by atoms with van der Waals surface area (Å²) in [6.45, 7) is 10.6. The van der Waals surface area contributed by atoms with Crippen molar-refractivity contribution >= 4 is 0 Å². The van der Waals surface area contributed by atoms with Crippen LogP contribution in [-0.2, 0) is 12.5 Å². The van der Waals surface area contributed by atoms with Gasteiger partial charge in [0.2, 0.25) is 0 Å². The van der Waals surface area contributed by atoms with Crippen molar-refractivity contribution in [2.45, 2.75) is 46.0 Å². The van der Waals surface area contributed by atoms with Gasteiger partial charge in [0, 0.05) is 35.7 Å². The largest absolute Gasteiger partial charge is 0.275 e. The molecule has 0 spiro atoms. The van der Waals surface area contributed by atoms with Crippen LogP contribution in [0.5, 0.6) is 0 Å². The Labute approximate surface area is 149 Å². The Morgan fingerprint density at radius 1 is 0.960 bits per heavy atom. The zero-order chi connectivity index (χ0) is 18.2. The molecule has 0 saturated carbocycles. The van der Waals surface area contributed by atoms with Crippen LogP contribution in [0.3, 0.4) is 0 Å². The molecular weight excluding hydrogens is 310 g/mol. The molecule has 0 N–H and O–H groups in total. The zero-order valence-electron chi connectivity index (χ0n) is 15.8. The summed E-state index contributed by atoms with van der Waals surface area (Å²) in [6, 6.07) is 10.2. The summed E-state index contributed by atoms with van der Waals surface area (Å²) in [6.07, 6.45) is 1.94. The summed E-state index contributed by atoms with van der Waals surface area (Å²) in [5.41, 5.74) is 2.86. The first-order chi connectivity index (χ1) is 11.7. The van der Waals surface area contributed by atoms with E-state index >= 15 is 0 Å². The van der Waals surface area contributed by atoms with Gasteiger partial charge in [0.05, 0.1) is 5.69 Å². The zero-order valence-corrected chi connectivity index (χ0v) is 15.8. The molecule has 1 aromatic carbocycles. The second kappa shape index (κ2) is 6.39. The fraction of sp³-hybridized carbons (Fsp3) is 0.400. The molecule has 0 aliphatic heterocycles. The number of hydrogen-bond donors (Lipinski definition) is 0. The lowest BCUT2D eigenvalue weighted by atomic mass is 9.95. The van der Waals surface area contributed by atoms with Crippen LogP contribution in [0.15, 0.2) is 36.5 Å². The first-order valence-corrected chi connectivity index (χ1v) is 8.61. The summed E-state index contributed by atoms with van der Waals surface area (Å²) < 4.78 is 1.81. The molecule has 0 bridgehead atoms. The Hall–Kier alpha value is -2.56. The normalized spacial score (nSPS) is 12.0. The molecule has 0 radical (unpaired) electrons. The second-order valence-corrected chi connectivity index (χ2v) is 7.70. The van der Waals surface area contributed by atoms with Crippen LogP contribution in [0.25, 0.3) is 22.6 Å². The highest BCUT2D eigenvalue weighted by Gasteiger charge is 2.21. The molecular formula is C20H25N5. The topological polar surface area (TPSA) is 56.5 Å². The maximum atomic E-state index is 4.75. The molecule has 25 heavy (non-hydrogen) atoms. The van der Waals surface area contributed by atoms with Crippen LogP contribution < -0.4 is 0 Å². The molecule has 0 atom stereocenters. The van der Waals surface area contributed by atoms with Crippen LogP contribution in [0, 0.1) is 0 Å². The van der Waals surface area contributed by atoms with Gasteiger partial charge in [0.25, 0.3) is 0 Å². The van der Waals surface area contributed by atoms with Gasteiger partial charge in [-0.25, -0.2) is 15.0 Å². The van der Waals surface area contributed by atoms with E-state index in [1.807, 2.05) is 31.4 Å². The third-order valence-electron chi connectivity index (χ3n) is 3.97. The van der Waals surface area contributed by atoms with E-state index < -0.39 is 0 Å². The van der Waals surface area contributed by atoms with E-state index in [1.165, 1.54) is 0 Å². The Morgan fingerprint density at radius 2 is 1.68 bits per heavy atom. The standard InChI is InChI=1S/C20H25N5/c1-13(2)17-21-18(23-19(22-17)20(3,4)5)15-9-7-8-14(12-15)16-10-11-25(6)24-16/h7-13H,1-6H3. The predicted molar refractivity (Wildman–Crippen MR) is 100 cm³/mol. The lowest BCUT2D eigenvalue weighted by molar-refractivity contribution is 0.533. The molecule has 130 valence electrons. The van der Waals surface area contributed by atoms with E-state index in [0.717, 1.165) is 34.3 Å². The monoisotopic (exact) mass is 335 g/mol. The highest BCUT2D eigenvalue weighted by atomic mass is 15.2. The minimum absolute atomic E-state index is 0.125. The Balaban J connectivity index is 2.11. The third kappa shape index (κ3) is 3.76. The molecule has 0 aliphatic carbocycles. The van der Waals surface area contributed by atoms with E-state index in [0.29, 0.717) is 0 Å². The van der Waals surface area contributed by atoms with Gasteiger partial charge >= 0.3 is 0 Å². The van der Waals surface area contributed by atoms with Gasteiger partial charge in [-0.15, -0.1) is 0 Å². The maximum Gasteiger partial charge on any atom is 0.163 e. The molecule has 0 amide bonds. The van der Waals surface area contributed by atoms with Crippen molar-refractivity contribution in [1.29, 1.82) is 0 Å². The van der Waals surface area contributed by atoms with Gasteiger partial charge in [0.15, 0.2) is 5.82 Å². The SMILES string of the molecule is CC(C)c1nc(-c2cccc(-c3ccn(C)n3)c2)nc(C(C)(C)C)n1. The summed E-state index contributed by atoms with van der Waals surface area (Å²) in [7, 11) is 1.92. The highest BCUT2D eigenvalue weighted by Crippen LogP contribution is 2.26. The van der Waals surface area contributed by atoms with E-state index in [9.17, 15) is 0 Å². The fourth-order valence-corrected chi connectivity index (χ4v) is 2.50. The number of benzene rings is 1. The van der Waals surface area contributed by atoms with Crippen LogP contribution in [0.1, 0.15) is 52.2 Å². The van der Waals surface area contributed by atoms with Gasteiger partial charge in [-0.2, -0.15) is 5.10 Å². The van der Waals surface area contributed by atoms with Crippen molar-refractivity contribution in [3.05, 3.63) is 48.2 Å². The molecule has 0 unspecified atom stereocenters. The molecule has 2 aromatic heterocycles. The lowest BCUT2D eigenvalue weighted by Crippen LogP contribution is -2.19. The van der Waals surface area contributed by atoms with Crippen LogP contribution >= 0.6 is 0 Å². The molecule has 0 fully saturated rings. The van der Waals surface area contributed by atoms with Gasteiger partial charge in [-0.05, 0) is 12.1 Å². The number of nitrogens with zero attached hydrogens (tertiary/aromatic N) is 5. The molecule has 3 aromatic rings. The molecule has 5 nitrogen and oxygen atoms in total. The fourth-order valence-electron chi connectivity index (χ4n) is 2.50. The van der Waals surface area contributed by atoms with E-state index in [2.05, 4.69) is 56.8 Å². The molecule has 3 rings (SSSR count). The predicted octanol–water partition coefficient (Wildman–Crippen LogP) is 4.36. The second-order valence-electron chi connectivity index (χ2n) is 7.70. The maximum absolute atomic E-state index is 4.75. The van der Waals surface area contributed by atoms with Gasteiger partial charge in [-0.3, -0.25) is 4.68 Å². The smallest absolute Gasteiger partial charge is 0.163 e. The number of rotatable bonds is 3. The molecule has 2 heterocycles. The summed E-state index contributed by atoms with van der Waals surface area (Å²) >= 11 is 0. The average molecular weight is 335 g/mol. The summed E-state index contributed by atoms with van der Waals surface area (Å²) in [4.78, 5) is 14.1. The number of aryl methyl sites for hydroxylation is 1. The van der Waals surface area contributed by atoms with Crippen molar-refractivity contribution in [2.75, 3.05) is 0 Å². The van der Waals surface area contributed by atoms with Crippen molar-refractivity contribution in [3.63, 3.8) is 0 Å². The summed E-state index contributed by atoms with van der Waals surface area (Å²) in [5, 5.41) is 4.48. The van der Waals surface area contributed by atoms with Crippen LogP contribution in [0.2, 0.25) is 0 Å². The van der Waals surface area contributed by atoms with E-state index in [1.54, 1.807) is 4.68 Å². The van der Waals surface area contributed by atoms with Crippen molar-refractivity contribution in [2.24, 2.45) is 7.05 Å². The third-order valence-corrected chi connectivity index (χ3v) is 3.97. The van der Waals surface area contributed by atoms with Crippen LogP contribution in [0.4, 0.5) is 0 Å². The van der Waals surface area contributed by atoms with E-state index in [4.69, 9.17) is 9.97 Å². The van der Waals surface area contributed by atoms with Crippen molar-refractivity contribution in [3.8, 4) is 22.6 Å². The highest BCUT2D eigenvalue weighted by molar-refractivity contribution is 5.67. The average Bonchev–Trinajstić information content (AvgIpc) is 3.00. The Morgan fingerprint density at radius 3 is 2.28 bits per heavy atom. The van der Waals surface area contributed by atoms with Crippen molar-refractivity contribution < 1.29 is 0 Å². The first kappa shape index (κ1) is 17.3. The molecule has 0 aliphatic rings. The summed E-state index contributed by atoms with van der Waals surface area (Å²) in [5.74, 6) is 2.63. The minimum Gasteiger partial charge on any atom is -0.275 e. The van der Waals surface area contributed by atoms with Gasteiger partial charge < -0.3 is 0 Å². The van der Waals surface area contributed by atoms with Crippen LogP contribution in [-0.4, -0.2) is 24.7 Å². The Kier molecular flexibility index (Phi) is 4.41.